The van der Waals surface area contributed by atoms with Gasteiger partial charge in [0.2, 0.25) is 0 Å². The highest BCUT2D eigenvalue weighted by Crippen LogP contribution is 2.22. The molecule has 4 nitrogen and oxygen atoms in total. The van der Waals surface area contributed by atoms with Gasteiger partial charge in [-0.3, -0.25) is 4.98 Å². The van der Waals surface area contributed by atoms with Gasteiger partial charge in [0.1, 0.15) is 11.0 Å². The zero-order chi connectivity index (χ0) is 12.3. The number of rotatable bonds is 3. The number of anilines is 1. The highest BCUT2D eigenvalue weighted by Gasteiger charge is 2.20. The monoisotopic (exact) mass is 254 g/mol. The lowest BCUT2D eigenvalue weighted by Gasteiger charge is -2.33. The lowest BCUT2D eigenvalue weighted by atomic mass is 9.96. The van der Waals surface area contributed by atoms with Crippen molar-refractivity contribution in [1.29, 1.82) is 0 Å². The van der Waals surface area contributed by atoms with E-state index < -0.39 is 0 Å². The van der Waals surface area contributed by atoms with Gasteiger partial charge in [-0.15, -0.1) is 0 Å². The molecule has 0 bridgehead atoms. The second-order valence-corrected chi connectivity index (χ2v) is 5.28. The molecule has 1 aliphatic heterocycles. The first kappa shape index (κ1) is 12.6. The Morgan fingerprint density at radius 3 is 2.65 bits per heavy atom. The summed E-state index contributed by atoms with van der Waals surface area (Å²) < 4.78 is 0. The van der Waals surface area contributed by atoms with Crippen molar-refractivity contribution < 1.29 is 0 Å². The van der Waals surface area contributed by atoms with E-state index in [1.165, 1.54) is 19.4 Å². The fourth-order valence-electron chi connectivity index (χ4n) is 2.35. The first-order valence-electron chi connectivity index (χ1n) is 6.02. The third-order valence-electron chi connectivity index (χ3n) is 3.15. The summed E-state index contributed by atoms with van der Waals surface area (Å²) in [6, 6.07) is 0. The fraction of sp³-hybridized carbons (Fsp3) is 0.667. The molecule has 94 valence electrons. The van der Waals surface area contributed by atoms with Crippen LogP contribution in [0.4, 0.5) is 5.82 Å². The van der Waals surface area contributed by atoms with E-state index >= 15 is 0 Å². The third kappa shape index (κ3) is 3.54. The largest absolute Gasteiger partial charge is 0.355 e. The van der Waals surface area contributed by atoms with Gasteiger partial charge in [-0.2, -0.15) is 0 Å². The summed E-state index contributed by atoms with van der Waals surface area (Å²) in [5.41, 5.74) is 0. The van der Waals surface area contributed by atoms with E-state index in [0.29, 0.717) is 5.15 Å². The molecule has 0 unspecified atom stereocenters. The van der Waals surface area contributed by atoms with Gasteiger partial charge in [0.05, 0.1) is 12.4 Å². The van der Waals surface area contributed by atoms with Crippen molar-refractivity contribution in [3.05, 3.63) is 17.5 Å². The van der Waals surface area contributed by atoms with Gasteiger partial charge in [0.25, 0.3) is 0 Å². The molecule has 0 saturated carbocycles. The summed E-state index contributed by atoms with van der Waals surface area (Å²) in [4.78, 5) is 12.9. The molecule has 5 heteroatoms. The van der Waals surface area contributed by atoms with Crippen molar-refractivity contribution >= 4 is 17.4 Å². The highest BCUT2D eigenvalue weighted by molar-refractivity contribution is 6.29. The molecule has 1 fully saturated rings. The minimum absolute atomic E-state index is 0.470. The van der Waals surface area contributed by atoms with Gasteiger partial charge < -0.3 is 9.80 Å². The first-order valence-corrected chi connectivity index (χ1v) is 6.40. The van der Waals surface area contributed by atoms with Gasteiger partial charge in [-0.1, -0.05) is 11.6 Å². The smallest absolute Gasteiger partial charge is 0.149 e. The zero-order valence-electron chi connectivity index (χ0n) is 10.4. The van der Waals surface area contributed by atoms with Crippen LogP contribution in [0.3, 0.4) is 0 Å². The van der Waals surface area contributed by atoms with Crippen LogP contribution >= 0.6 is 11.6 Å². The fourth-order valence-corrected chi connectivity index (χ4v) is 2.49. The molecule has 0 amide bonds. The molecule has 17 heavy (non-hydrogen) atoms. The molecule has 2 heterocycles. The maximum atomic E-state index is 5.85. The second kappa shape index (κ2) is 5.65. The van der Waals surface area contributed by atoms with E-state index in [1.54, 1.807) is 12.4 Å². The highest BCUT2D eigenvalue weighted by atomic mass is 35.5. The zero-order valence-corrected chi connectivity index (χ0v) is 11.2. The van der Waals surface area contributed by atoms with Crippen LogP contribution in [0, 0.1) is 5.92 Å². The maximum Gasteiger partial charge on any atom is 0.149 e. The van der Waals surface area contributed by atoms with Crippen LogP contribution in [0.2, 0.25) is 5.15 Å². The Bertz CT molecular complexity index is 361. The van der Waals surface area contributed by atoms with Crippen LogP contribution in [0.5, 0.6) is 0 Å². The molecule has 0 N–H and O–H groups in total. The van der Waals surface area contributed by atoms with Crippen LogP contribution in [-0.4, -0.2) is 48.6 Å². The second-order valence-electron chi connectivity index (χ2n) is 4.89. The molecule has 1 aromatic heterocycles. The summed E-state index contributed by atoms with van der Waals surface area (Å²) in [5, 5.41) is 0.470. The molecule has 0 aromatic carbocycles. The summed E-state index contributed by atoms with van der Waals surface area (Å²) >= 11 is 5.85. The Morgan fingerprint density at radius 1 is 1.35 bits per heavy atom. The van der Waals surface area contributed by atoms with Crippen molar-refractivity contribution in [3.8, 4) is 0 Å². The van der Waals surface area contributed by atoms with E-state index in [4.69, 9.17) is 11.6 Å². The molecular formula is C12H19ClN4. The minimum Gasteiger partial charge on any atom is -0.355 e. The van der Waals surface area contributed by atoms with Crippen molar-refractivity contribution in [1.82, 2.24) is 14.9 Å². The lowest BCUT2D eigenvalue weighted by Crippen LogP contribution is -2.37. The Hall–Kier alpha value is -0.870. The van der Waals surface area contributed by atoms with Crippen LogP contribution in [0.25, 0.3) is 0 Å². The Labute approximate surface area is 108 Å². The van der Waals surface area contributed by atoms with E-state index in [-0.39, 0.29) is 0 Å². The standard InChI is InChI=1S/C12H19ClN4/c1-16(2)9-10-3-5-17(6-4-10)12-8-14-7-11(13)15-12/h7-8,10H,3-6,9H2,1-2H3. The molecule has 0 radical (unpaired) electrons. The van der Waals surface area contributed by atoms with Crippen LogP contribution in [0.15, 0.2) is 12.4 Å². The van der Waals surface area contributed by atoms with Crippen molar-refractivity contribution in [2.45, 2.75) is 12.8 Å². The molecule has 0 aliphatic carbocycles. The molecule has 1 aromatic rings. The topological polar surface area (TPSA) is 32.3 Å². The van der Waals surface area contributed by atoms with E-state index in [9.17, 15) is 0 Å². The van der Waals surface area contributed by atoms with Gasteiger partial charge >= 0.3 is 0 Å². The predicted octanol–water partition coefficient (Wildman–Crippen LogP) is 1.91. The SMILES string of the molecule is CN(C)CC1CCN(c2cncc(Cl)n2)CC1. The molecule has 1 saturated heterocycles. The molecule has 0 atom stereocenters. The quantitative estimate of drug-likeness (QED) is 0.825. The van der Waals surface area contributed by atoms with Gasteiger partial charge in [0.15, 0.2) is 0 Å². The minimum atomic E-state index is 0.470. The molecule has 1 aliphatic rings. The summed E-state index contributed by atoms with van der Waals surface area (Å²) in [6.45, 7) is 3.27. The van der Waals surface area contributed by atoms with Crippen LogP contribution in [-0.2, 0) is 0 Å². The van der Waals surface area contributed by atoms with Gasteiger partial charge in [-0.05, 0) is 32.9 Å². The molecular weight excluding hydrogens is 236 g/mol. The Morgan fingerprint density at radius 2 is 2.06 bits per heavy atom. The summed E-state index contributed by atoms with van der Waals surface area (Å²) in [7, 11) is 4.27. The maximum absolute atomic E-state index is 5.85. The average Bonchev–Trinajstić information content (AvgIpc) is 2.29. The van der Waals surface area contributed by atoms with Crippen molar-refractivity contribution in [2.24, 2.45) is 5.92 Å². The molecule has 2 rings (SSSR count). The van der Waals surface area contributed by atoms with E-state index in [2.05, 4.69) is 33.9 Å². The number of aromatic nitrogens is 2. The average molecular weight is 255 g/mol. The van der Waals surface area contributed by atoms with E-state index in [1.807, 2.05) is 0 Å². The predicted molar refractivity (Wildman–Crippen MR) is 70.5 cm³/mol. The molecule has 0 spiro atoms. The Balaban J connectivity index is 1.91. The lowest BCUT2D eigenvalue weighted by molar-refractivity contribution is 0.284. The third-order valence-corrected chi connectivity index (χ3v) is 3.34. The number of halogens is 1. The van der Waals surface area contributed by atoms with E-state index in [0.717, 1.165) is 24.8 Å². The summed E-state index contributed by atoms with van der Waals surface area (Å²) in [5.74, 6) is 1.70. The van der Waals surface area contributed by atoms with Crippen molar-refractivity contribution in [2.75, 3.05) is 38.6 Å². The number of hydrogen-bond acceptors (Lipinski definition) is 4. The number of piperidine rings is 1. The van der Waals surface area contributed by atoms with Gasteiger partial charge in [-0.25, -0.2) is 4.98 Å². The van der Waals surface area contributed by atoms with Crippen LogP contribution in [0.1, 0.15) is 12.8 Å². The van der Waals surface area contributed by atoms with Gasteiger partial charge in [0, 0.05) is 19.6 Å². The Kier molecular flexibility index (Phi) is 4.18. The summed E-state index contributed by atoms with van der Waals surface area (Å²) in [6.07, 6.45) is 5.79. The van der Waals surface area contributed by atoms with Crippen LogP contribution < -0.4 is 4.90 Å². The van der Waals surface area contributed by atoms with Crippen molar-refractivity contribution in [3.63, 3.8) is 0 Å². The first-order chi connectivity index (χ1) is 8.15. The number of hydrogen-bond donors (Lipinski definition) is 0. The normalized spacial score (nSPS) is 17.8. The number of nitrogens with zero attached hydrogens (tertiary/aromatic N) is 4.